The van der Waals surface area contributed by atoms with Crippen LogP contribution in [0.25, 0.3) is 0 Å². The van der Waals surface area contributed by atoms with Crippen LogP contribution >= 0.6 is 0 Å². The summed E-state index contributed by atoms with van der Waals surface area (Å²) in [5.41, 5.74) is 1.02. The monoisotopic (exact) mass is 303 g/mol. The van der Waals surface area contributed by atoms with Crippen molar-refractivity contribution in [1.82, 2.24) is 15.5 Å². The van der Waals surface area contributed by atoms with E-state index in [1.165, 1.54) is 0 Å². The van der Waals surface area contributed by atoms with Crippen LogP contribution < -0.4 is 10.6 Å². The van der Waals surface area contributed by atoms with Crippen LogP contribution in [-0.2, 0) is 14.3 Å². The van der Waals surface area contributed by atoms with Gasteiger partial charge in [0.05, 0.1) is 19.6 Å². The summed E-state index contributed by atoms with van der Waals surface area (Å²) >= 11 is 0. The summed E-state index contributed by atoms with van der Waals surface area (Å²) < 4.78 is 5.71. The fourth-order valence-corrected chi connectivity index (χ4v) is 2.65. The SMILES string of the molecule is O=C1NC(=O)[C@@H](CC(=O)N2CCO[C@H](c3ccccc3)C2)N1. The van der Waals surface area contributed by atoms with Crippen molar-refractivity contribution in [2.24, 2.45) is 0 Å². The molecule has 4 amide bonds. The average molecular weight is 303 g/mol. The fourth-order valence-electron chi connectivity index (χ4n) is 2.65. The maximum Gasteiger partial charge on any atom is 0.322 e. The molecule has 2 fully saturated rings. The Morgan fingerprint density at radius 3 is 2.73 bits per heavy atom. The van der Waals surface area contributed by atoms with Crippen molar-refractivity contribution in [3.8, 4) is 0 Å². The first kappa shape index (κ1) is 14.5. The number of benzene rings is 1. The second-order valence-corrected chi connectivity index (χ2v) is 5.33. The summed E-state index contributed by atoms with van der Waals surface area (Å²) in [7, 11) is 0. The van der Waals surface area contributed by atoms with Crippen molar-refractivity contribution in [2.75, 3.05) is 19.7 Å². The Kier molecular flexibility index (Phi) is 4.06. The number of hydrogen-bond donors (Lipinski definition) is 2. The van der Waals surface area contributed by atoms with Gasteiger partial charge in [0.2, 0.25) is 5.91 Å². The van der Waals surface area contributed by atoms with Gasteiger partial charge >= 0.3 is 6.03 Å². The minimum atomic E-state index is -0.780. The van der Waals surface area contributed by atoms with Crippen molar-refractivity contribution >= 4 is 17.8 Å². The Bertz CT molecular complexity index is 590. The van der Waals surface area contributed by atoms with Crippen LogP contribution in [0.5, 0.6) is 0 Å². The van der Waals surface area contributed by atoms with Gasteiger partial charge in [0.25, 0.3) is 5.91 Å². The molecule has 2 aliphatic heterocycles. The molecule has 3 rings (SSSR count). The Labute approximate surface area is 127 Å². The molecule has 0 spiro atoms. The van der Waals surface area contributed by atoms with E-state index in [0.717, 1.165) is 5.56 Å². The van der Waals surface area contributed by atoms with E-state index < -0.39 is 18.0 Å². The number of carbonyl (C=O) groups is 3. The summed E-state index contributed by atoms with van der Waals surface area (Å²) in [6, 6.07) is 8.38. The zero-order chi connectivity index (χ0) is 15.5. The van der Waals surface area contributed by atoms with Gasteiger partial charge in [0.15, 0.2) is 0 Å². The number of nitrogens with zero attached hydrogens (tertiary/aromatic N) is 1. The topological polar surface area (TPSA) is 87.7 Å². The first-order valence-corrected chi connectivity index (χ1v) is 7.19. The minimum absolute atomic E-state index is 0.0287. The number of morpholine rings is 1. The molecular weight excluding hydrogens is 286 g/mol. The van der Waals surface area contributed by atoms with Crippen molar-refractivity contribution in [1.29, 1.82) is 0 Å². The molecule has 2 atom stereocenters. The van der Waals surface area contributed by atoms with Crippen LogP contribution in [0.4, 0.5) is 4.79 Å². The van der Waals surface area contributed by atoms with Crippen LogP contribution in [-0.4, -0.2) is 48.5 Å². The van der Waals surface area contributed by atoms with Gasteiger partial charge in [-0.05, 0) is 5.56 Å². The predicted octanol–water partition coefficient (Wildman–Crippen LogP) is 0.185. The second kappa shape index (κ2) is 6.15. The van der Waals surface area contributed by atoms with E-state index in [-0.39, 0.29) is 18.4 Å². The van der Waals surface area contributed by atoms with Gasteiger partial charge in [-0.25, -0.2) is 4.79 Å². The molecule has 2 saturated heterocycles. The lowest BCUT2D eigenvalue weighted by molar-refractivity contribution is -0.140. The van der Waals surface area contributed by atoms with Crippen molar-refractivity contribution in [3.05, 3.63) is 35.9 Å². The van der Waals surface area contributed by atoms with Gasteiger partial charge in [0, 0.05) is 6.54 Å². The highest BCUT2D eigenvalue weighted by molar-refractivity contribution is 6.05. The van der Waals surface area contributed by atoms with E-state index in [1.54, 1.807) is 4.90 Å². The van der Waals surface area contributed by atoms with Gasteiger partial charge in [-0.2, -0.15) is 0 Å². The van der Waals surface area contributed by atoms with Crippen LogP contribution in [0, 0.1) is 0 Å². The number of carbonyl (C=O) groups excluding carboxylic acids is 3. The number of amides is 4. The van der Waals surface area contributed by atoms with E-state index in [2.05, 4.69) is 10.6 Å². The molecule has 0 aromatic heterocycles. The third kappa shape index (κ3) is 3.09. The third-order valence-electron chi connectivity index (χ3n) is 3.83. The smallest absolute Gasteiger partial charge is 0.322 e. The molecule has 22 heavy (non-hydrogen) atoms. The standard InChI is InChI=1S/C15H17N3O4/c19-13(8-11-14(20)17-15(21)16-11)18-6-7-22-12(9-18)10-4-2-1-3-5-10/h1-5,11-12H,6-9H2,(H2,16,17,20,21)/t11-,12+/m1/s1. The molecule has 7 heteroatoms. The zero-order valence-corrected chi connectivity index (χ0v) is 12.0. The lowest BCUT2D eigenvalue weighted by Crippen LogP contribution is -2.45. The lowest BCUT2D eigenvalue weighted by atomic mass is 10.1. The van der Waals surface area contributed by atoms with E-state index in [4.69, 9.17) is 4.74 Å². The zero-order valence-electron chi connectivity index (χ0n) is 12.0. The fraction of sp³-hybridized carbons (Fsp3) is 0.400. The molecule has 2 N–H and O–H groups in total. The predicted molar refractivity (Wildman–Crippen MR) is 76.8 cm³/mol. The van der Waals surface area contributed by atoms with E-state index in [0.29, 0.717) is 19.7 Å². The Balaban J connectivity index is 1.61. The molecule has 1 aromatic carbocycles. The third-order valence-corrected chi connectivity index (χ3v) is 3.83. The molecule has 0 saturated carbocycles. The van der Waals surface area contributed by atoms with E-state index in [9.17, 15) is 14.4 Å². The number of rotatable bonds is 3. The van der Waals surface area contributed by atoms with Crippen LogP contribution in [0.3, 0.4) is 0 Å². The molecule has 0 bridgehead atoms. The van der Waals surface area contributed by atoms with Gasteiger partial charge < -0.3 is 15.0 Å². The maximum absolute atomic E-state index is 12.3. The molecule has 0 radical (unpaired) electrons. The Morgan fingerprint density at radius 2 is 2.05 bits per heavy atom. The molecule has 2 aliphatic rings. The van der Waals surface area contributed by atoms with E-state index >= 15 is 0 Å². The largest absolute Gasteiger partial charge is 0.370 e. The first-order chi connectivity index (χ1) is 10.6. The molecule has 7 nitrogen and oxygen atoms in total. The Morgan fingerprint density at radius 1 is 1.27 bits per heavy atom. The summed E-state index contributed by atoms with van der Waals surface area (Å²) in [5, 5.41) is 4.56. The maximum atomic E-state index is 12.3. The van der Waals surface area contributed by atoms with Crippen LogP contribution in [0.15, 0.2) is 30.3 Å². The molecule has 1 aromatic rings. The highest BCUT2D eigenvalue weighted by Crippen LogP contribution is 2.22. The Hall–Kier alpha value is -2.41. The first-order valence-electron chi connectivity index (χ1n) is 7.19. The number of nitrogens with one attached hydrogen (secondary N) is 2. The summed E-state index contributed by atoms with van der Waals surface area (Å²) in [5.74, 6) is -0.613. The lowest BCUT2D eigenvalue weighted by Gasteiger charge is -2.33. The molecular formula is C15H17N3O4. The normalized spacial score (nSPS) is 24.8. The second-order valence-electron chi connectivity index (χ2n) is 5.33. The van der Waals surface area contributed by atoms with Crippen LogP contribution in [0.2, 0.25) is 0 Å². The molecule has 116 valence electrons. The number of urea groups is 1. The molecule has 0 aliphatic carbocycles. The van der Waals surface area contributed by atoms with E-state index in [1.807, 2.05) is 30.3 Å². The average Bonchev–Trinajstić information content (AvgIpc) is 2.86. The molecule has 0 unspecified atom stereocenters. The van der Waals surface area contributed by atoms with Crippen molar-refractivity contribution in [2.45, 2.75) is 18.6 Å². The summed E-state index contributed by atoms with van der Waals surface area (Å²) in [4.78, 5) is 36.6. The quantitative estimate of drug-likeness (QED) is 0.780. The van der Waals surface area contributed by atoms with Crippen molar-refractivity contribution < 1.29 is 19.1 Å². The summed E-state index contributed by atoms with van der Waals surface area (Å²) in [6.45, 7) is 1.39. The molecule has 2 heterocycles. The van der Waals surface area contributed by atoms with Gasteiger partial charge in [-0.3, -0.25) is 14.9 Å². The van der Waals surface area contributed by atoms with Crippen molar-refractivity contribution in [3.63, 3.8) is 0 Å². The van der Waals surface area contributed by atoms with Crippen LogP contribution in [0.1, 0.15) is 18.1 Å². The minimum Gasteiger partial charge on any atom is -0.370 e. The number of ether oxygens (including phenoxy) is 1. The van der Waals surface area contributed by atoms with Gasteiger partial charge in [-0.1, -0.05) is 30.3 Å². The highest BCUT2D eigenvalue weighted by Gasteiger charge is 2.34. The van der Waals surface area contributed by atoms with Gasteiger partial charge in [0.1, 0.15) is 12.1 Å². The highest BCUT2D eigenvalue weighted by atomic mass is 16.5. The number of hydrogen-bond acceptors (Lipinski definition) is 4. The summed E-state index contributed by atoms with van der Waals surface area (Å²) in [6.07, 6.45) is -0.190. The number of imide groups is 1. The van der Waals surface area contributed by atoms with Gasteiger partial charge in [-0.15, -0.1) is 0 Å².